The molecule has 0 bridgehead atoms. The number of rotatable bonds is 9. The summed E-state index contributed by atoms with van der Waals surface area (Å²) < 4.78 is 60.0. The molecular formula is C24H38F3N5O5S. The lowest BCUT2D eigenvalue weighted by Gasteiger charge is -2.33. The first-order valence-electron chi connectivity index (χ1n) is 12.6. The third kappa shape index (κ3) is 10.5. The van der Waals surface area contributed by atoms with Crippen molar-refractivity contribution in [3.05, 3.63) is 29.8 Å². The third-order valence-electron chi connectivity index (χ3n) is 6.39. The van der Waals surface area contributed by atoms with Gasteiger partial charge in [-0.05, 0) is 44.6 Å². The highest BCUT2D eigenvalue weighted by atomic mass is 32.2. The van der Waals surface area contributed by atoms with E-state index >= 15 is 0 Å². The Labute approximate surface area is 222 Å². The molecule has 1 aromatic rings. The second kappa shape index (κ2) is 14.8. The molecule has 1 amide bonds. The maximum absolute atomic E-state index is 13.4. The number of aliphatic carboxylic acids is 1. The van der Waals surface area contributed by atoms with E-state index in [1.165, 1.54) is 4.31 Å². The minimum absolute atomic E-state index is 0.0324. The Morgan fingerprint density at radius 1 is 1.05 bits per heavy atom. The van der Waals surface area contributed by atoms with Gasteiger partial charge in [-0.1, -0.05) is 12.1 Å². The van der Waals surface area contributed by atoms with Gasteiger partial charge in [0.15, 0.2) is 0 Å². The van der Waals surface area contributed by atoms with Crippen molar-refractivity contribution >= 4 is 21.9 Å². The highest BCUT2D eigenvalue weighted by Gasteiger charge is 2.38. The predicted molar refractivity (Wildman–Crippen MR) is 136 cm³/mol. The number of carboxylic acids is 1. The van der Waals surface area contributed by atoms with Crippen LogP contribution in [-0.4, -0.2) is 130 Å². The van der Waals surface area contributed by atoms with Gasteiger partial charge in [-0.15, -0.1) is 0 Å². The maximum atomic E-state index is 13.4. The van der Waals surface area contributed by atoms with Gasteiger partial charge in [0.05, 0.1) is 4.90 Å². The number of carbonyl (C=O) groups excluding carboxylic acids is 1. The molecule has 2 fully saturated rings. The number of halogens is 3. The quantitative estimate of drug-likeness (QED) is 0.458. The number of hydrogen-bond donors (Lipinski definition) is 2. The van der Waals surface area contributed by atoms with E-state index < -0.39 is 22.2 Å². The topological polar surface area (TPSA) is 114 Å². The zero-order valence-electron chi connectivity index (χ0n) is 21.9. The van der Waals surface area contributed by atoms with Crippen LogP contribution < -0.4 is 5.32 Å². The third-order valence-corrected chi connectivity index (χ3v) is 8.29. The van der Waals surface area contributed by atoms with Gasteiger partial charge in [-0.25, -0.2) is 13.2 Å². The van der Waals surface area contributed by atoms with Crippen molar-refractivity contribution in [2.75, 3.05) is 79.0 Å². The van der Waals surface area contributed by atoms with Gasteiger partial charge >= 0.3 is 12.1 Å². The first-order valence-corrected chi connectivity index (χ1v) is 14.0. The second-order valence-corrected chi connectivity index (χ2v) is 11.3. The summed E-state index contributed by atoms with van der Waals surface area (Å²) in [5, 5.41) is 10.4. The first kappa shape index (κ1) is 32.0. The standard InChI is InChI=1S/C22H37N5O3S.C2HF3O2/c1-20-5-3-6-21(19-20)31(29,30)27(11-4-10-25-17-15-24(2)16-18-25)12-7-22(28)26-13-8-23-9-14-26;3-2(4,5)1(6)7/h3,5-6,19,23H,4,7-18H2,1-2H3;(H,6,7). The molecule has 3 rings (SSSR count). The number of carboxylic acid groups (broad SMARTS) is 1. The van der Waals surface area contributed by atoms with Crippen LogP contribution in [0.4, 0.5) is 13.2 Å². The number of hydrogen-bond acceptors (Lipinski definition) is 7. The number of benzene rings is 1. The molecule has 0 aliphatic carbocycles. The van der Waals surface area contributed by atoms with Crippen LogP contribution in [0, 0.1) is 6.92 Å². The van der Waals surface area contributed by atoms with Crippen LogP contribution in [0.25, 0.3) is 0 Å². The van der Waals surface area contributed by atoms with Crippen LogP contribution in [0.3, 0.4) is 0 Å². The SMILES string of the molecule is Cc1cccc(S(=O)(=O)N(CCCN2CCN(C)CC2)CCC(=O)N2CCNCC2)c1.O=C(O)C(F)(F)F. The Kier molecular flexibility index (Phi) is 12.4. The van der Waals surface area contributed by atoms with Crippen molar-refractivity contribution in [3.8, 4) is 0 Å². The smallest absolute Gasteiger partial charge is 0.475 e. The summed E-state index contributed by atoms with van der Waals surface area (Å²) in [7, 11) is -1.51. The van der Waals surface area contributed by atoms with E-state index in [0.29, 0.717) is 24.5 Å². The van der Waals surface area contributed by atoms with Crippen LogP contribution in [-0.2, 0) is 19.6 Å². The molecule has 2 aliphatic heterocycles. The number of carbonyl (C=O) groups is 2. The van der Waals surface area contributed by atoms with E-state index in [9.17, 15) is 26.4 Å². The monoisotopic (exact) mass is 565 g/mol. The van der Waals surface area contributed by atoms with Gasteiger partial charge in [0, 0.05) is 71.9 Å². The molecule has 38 heavy (non-hydrogen) atoms. The lowest BCUT2D eigenvalue weighted by atomic mass is 10.2. The van der Waals surface area contributed by atoms with E-state index in [0.717, 1.165) is 57.8 Å². The molecule has 1 aromatic carbocycles. The van der Waals surface area contributed by atoms with Gasteiger partial charge in [0.1, 0.15) is 0 Å². The Hall–Kier alpha value is -2.26. The Morgan fingerprint density at radius 2 is 1.66 bits per heavy atom. The summed E-state index contributed by atoms with van der Waals surface area (Å²) in [5.41, 5.74) is 0.912. The Balaban J connectivity index is 0.000000638. The van der Waals surface area contributed by atoms with Gasteiger partial charge in [-0.3, -0.25) is 4.79 Å². The van der Waals surface area contributed by atoms with Crippen LogP contribution in [0.1, 0.15) is 18.4 Å². The molecule has 0 atom stereocenters. The largest absolute Gasteiger partial charge is 0.490 e. The number of piperazine rings is 2. The summed E-state index contributed by atoms with van der Waals surface area (Å²) in [4.78, 5) is 28.4. The van der Waals surface area contributed by atoms with E-state index in [1.807, 2.05) is 17.9 Å². The molecular weight excluding hydrogens is 527 g/mol. The first-order chi connectivity index (χ1) is 17.8. The number of likely N-dealkylation sites (N-methyl/N-ethyl adjacent to an activating group) is 1. The highest BCUT2D eigenvalue weighted by Crippen LogP contribution is 2.18. The summed E-state index contributed by atoms with van der Waals surface area (Å²) in [5.74, 6) is -2.72. The molecule has 216 valence electrons. The molecule has 2 N–H and O–H groups in total. The van der Waals surface area contributed by atoms with Crippen molar-refractivity contribution in [3.63, 3.8) is 0 Å². The van der Waals surface area contributed by atoms with Crippen LogP contribution in [0.5, 0.6) is 0 Å². The minimum Gasteiger partial charge on any atom is -0.475 e. The molecule has 10 nitrogen and oxygen atoms in total. The van der Waals surface area contributed by atoms with Crippen LogP contribution >= 0.6 is 0 Å². The zero-order chi connectivity index (χ0) is 28.3. The van der Waals surface area contributed by atoms with Crippen molar-refractivity contribution in [2.24, 2.45) is 0 Å². The number of alkyl halides is 3. The molecule has 0 unspecified atom stereocenters. The van der Waals surface area contributed by atoms with Crippen LogP contribution in [0.2, 0.25) is 0 Å². The van der Waals surface area contributed by atoms with Crippen molar-refractivity contribution in [2.45, 2.75) is 30.8 Å². The number of aryl methyl sites for hydroxylation is 1. The number of nitrogens with one attached hydrogen (secondary N) is 1. The van der Waals surface area contributed by atoms with Crippen molar-refractivity contribution in [1.29, 1.82) is 0 Å². The highest BCUT2D eigenvalue weighted by molar-refractivity contribution is 7.89. The summed E-state index contributed by atoms with van der Waals surface area (Å²) in [6, 6.07) is 7.02. The van der Waals surface area contributed by atoms with E-state index in [4.69, 9.17) is 9.90 Å². The van der Waals surface area contributed by atoms with Crippen molar-refractivity contribution in [1.82, 2.24) is 24.3 Å². The van der Waals surface area contributed by atoms with Gasteiger partial charge in [0.2, 0.25) is 15.9 Å². The number of amides is 1. The molecule has 0 spiro atoms. The molecule has 0 aromatic heterocycles. The number of nitrogens with zero attached hydrogens (tertiary/aromatic N) is 4. The zero-order valence-corrected chi connectivity index (χ0v) is 22.7. The molecule has 2 saturated heterocycles. The Morgan fingerprint density at radius 3 is 2.21 bits per heavy atom. The van der Waals surface area contributed by atoms with Crippen LogP contribution in [0.15, 0.2) is 29.2 Å². The molecule has 2 aliphatic rings. The van der Waals surface area contributed by atoms with E-state index in [-0.39, 0.29) is 18.9 Å². The summed E-state index contributed by atoms with van der Waals surface area (Å²) >= 11 is 0. The lowest BCUT2D eigenvalue weighted by molar-refractivity contribution is -0.192. The predicted octanol–water partition coefficient (Wildman–Crippen LogP) is 1.08. The maximum Gasteiger partial charge on any atom is 0.490 e. The fraction of sp³-hybridized carbons (Fsp3) is 0.667. The fourth-order valence-corrected chi connectivity index (χ4v) is 5.70. The average Bonchev–Trinajstić information content (AvgIpc) is 2.87. The fourth-order valence-electron chi connectivity index (χ4n) is 4.11. The van der Waals surface area contributed by atoms with Gasteiger partial charge in [-0.2, -0.15) is 17.5 Å². The van der Waals surface area contributed by atoms with Gasteiger partial charge < -0.3 is 25.1 Å². The summed E-state index contributed by atoms with van der Waals surface area (Å²) in [6.45, 7) is 10.5. The average molecular weight is 566 g/mol. The second-order valence-electron chi connectivity index (χ2n) is 9.40. The Bertz CT molecular complexity index is 1010. The normalized spacial score (nSPS) is 17.7. The van der Waals surface area contributed by atoms with E-state index in [2.05, 4.69) is 22.2 Å². The minimum atomic E-state index is -5.08. The summed E-state index contributed by atoms with van der Waals surface area (Å²) in [6.07, 6.45) is -4.10. The van der Waals surface area contributed by atoms with Crippen molar-refractivity contribution < 1.29 is 36.3 Å². The molecule has 0 saturated carbocycles. The number of sulfonamides is 1. The molecule has 14 heteroatoms. The molecule has 0 radical (unpaired) electrons. The lowest BCUT2D eigenvalue weighted by Crippen LogP contribution is -2.47. The van der Waals surface area contributed by atoms with Gasteiger partial charge in [0.25, 0.3) is 0 Å². The van der Waals surface area contributed by atoms with E-state index in [1.54, 1.807) is 18.2 Å². The molecule has 2 heterocycles.